The monoisotopic (exact) mass is 494 g/mol. The zero-order chi connectivity index (χ0) is 21.5. The van der Waals surface area contributed by atoms with Gasteiger partial charge >= 0.3 is 0 Å². The summed E-state index contributed by atoms with van der Waals surface area (Å²) in [6.07, 6.45) is 7.39. The number of methoxy groups -OCH3 is 1. The number of rotatable bonds is 7. The Hall–Kier alpha value is -2.02. The largest absolute Gasteiger partial charge is 0.495 e. The molecule has 1 aromatic heterocycles. The Morgan fingerprint density at radius 1 is 1.00 bits per heavy atom. The summed E-state index contributed by atoms with van der Waals surface area (Å²) >= 11 is 0. The number of amides is 1. The predicted octanol–water partition coefficient (Wildman–Crippen LogP) is 4.67. The third kappa shape index (κ3) is 6.98. The molecule has 2 aromatic rings. The van der Waals surface area contributed by atoms with E-state index in [0.717, 1.165) is 75.7 Å². The molecule has 33 heavy (non-hydrogen) atoms. The van der Waals surface area contributed by atoms with Gasteiger partial charge in [-0.25, -0.2) is 4.98 Å². The van der Waals surface area contributed by atoms with Crippen LogP contribution in [0, 0.1) is 5.92 Å². The number of halogens is 2. The zero-order valence-electron chi connectivity index (χ0n) is 19.4. The molecule has 4 rings (SSSR count). The number of carbonyl (C=O) groups is 1. The quantitative estimate of drug-likeness (QED) is 0.559. The molecule has 1 aliphatic heterocycles. The first kappa shape index (κ1) is 27.2. The van der Waals surface area contributed by atoms with Gasteiger partial charge in [-0.1, -0.05) is 37.5 Å². The molecule has 2 heterocycles. The molecule has 0 unspecified atom stereocenters. The van der Waals surface area contributed by atoms with Crippen LogP contribution >= 0.6 is 24.8 Å². The van der Waals surface area contributed by atoms with Gasteiger partial charge in [0, 0.05) is 51.4 Å². The lowest BCUT2D eigenvalue weighted by atomic mass is 9.88. The lowest BCUT2D eigenvalue weighted by Crippen LogP contribution is -2.50. The van der Waals surface area contributed by atoms with Crippen LogP contribution in [0.3, 0.4) is 0 Å². The van der Waals surface area contributed by atoms with Gasteiger partial charge < -0.3 is 9.64 Å². The predicted molar refractivity (Wildman–Crippen MR) is 139 cm³/mol. The highest BCUT2D eigenvalue weighted by Gasteiger charge is 2.28. The molecule has 2 aliphatic rings. The number of benzene rings is 1. The lowest BCUT2D eigenvalue weighted by molar-refractivity contribution is -0.123. The van der Waals surface area contributed by atoms with Crippen LogP contribution in [-0.4, -0.2) is 62.2 Å². The van der Waals surface area contributed by atoms with Crippen molar-refractivity contribution in [2.45, 2.75) is 32.1 Å². The van der Waals surface area contributed by atoms with Crippen molar-refractivity contribution in [3.8, 4) is 5.75 Å². The summed E-state index contributed by atoms with van der Waals surface area (Å²) in [7, 11) is 1.73. The summed E-state index contributed by atoms with van der Waals surface area (Å²) in [5.41, 5.74) is 1.16. The topological polar surface area (TPSA) is 48.9 Å². The Kier molecular flexibility index (Phi) is 11.2. The maximum Gasteiger partial charge on any atom is 0.231 e. The van der Waals surface area contributed by atoms with E-state index in [0.29, 0.717) is 6.54 Å². The van der Waals surface area contributed by atoms with E-state index in [4.69, 9.17) is 4.74 Å². The zero-order valence-corrected chi connectivity index (χ0v) is 21.0. The highest BCUT2D eigenvalue weighted by molar-refractivity contribution is 5.94. The number of anilines is 2. The lowest BCUT2D eigenvalue weighted by Gasteiger charge is -2.37. The number of nitrogens with zero attached hydrogens (tertiary/aromatic N) is 4. The molecule has 1 aliphatic carbocycles. The van der Waals surface area contributed by atoms with Crippen LogP contribution in [0.25, 0.3) is 0 Å². The molecule has 8 heteroatoms. The number of para-hydroxylation sites is 2. The van der Waals surface area contributed by atoms with Crippen molar-refractivity contribution in [1.82, 2.24) is 9.88 Å². The molecule has 1 amide bonds. The molecular formula is C25H36Cl2N4O2. The summed E-state index contributed by atoms with van der Waals surface area (Å²) in [5.74, 6) is 2.12. The second-order valence-corrected chi connectivity index (χ2v) is 8.51. The van der Waals surface area contributed by atoms with Crippen molar-refractivity contribution in [2.75, 3.05) is 56.2 Å². The second-order valence-electron chi connectivity index (χ2n) is 8.51. The van der Waals surface area contributed by atoms with Crippen LogP contribution in [0.2, 0.25) is 0 Å². The van der Waals surface area contributed by atoms with Crippen LogP contribution in [0.1, 0.15) is 32.1 Å². The Morgan fingerprint density at radius 3 is 2.36 bits per heavy atom. The van der Waals surface area contributed by atoms with Gasteiger partial charge in [0.25, 0.3) is 0 Å². The third-order valence-electron chi connectivity index (χ3n) is 6.58. The van der Waals surface area contributed by atoms with Gasteiger partial charge in [-0.05, 0) is 37.1 Å². The van der Waals surface area contributed by atoms with Crippen molar-refractivity contribution in [2.24, 2.45) is 5.92 Å². The van der Waals surface area contributed by atoms with Crippen molar-refractivity contribution >= 4 is 42.2 Å². The van der Waals surface area contributed by atoms with Crippen LogP contribution in [0.5, 0.6) is 5.75 Å². The average molecular weight is 495 g/mol. The van der Waals surface area contributed by atoms with E-state index in [1.54, 1.807) is 13.3 Å². The maximum atomic E-state index is 13.3. The minimum atomic E-state index is 0. The van der Waals surface area contributed by atoms with Gasteiger partial charge in [-0.3, -0.25) is 14.6 Å². The Balaban J connectivity index is 0.00000193. The van der Waals surface area contributed by atoms with Gasteiger partial charge in [0.1, 0.15) is 11.6 Å². The second kappa shape index (κ2) is 13.6. The summed E-state index contributed by atoms with van der Waals surface area (Å²) in [6, 6.07) is 14.0. The van der Waals surface area contributed by atoms with E-state index in [2.05, 4.69) is 26.9 Å². The first-order valence-electron chi connectivity index (χ1n) is 11.6. The summed E-state index contributed by atoms with van der Waals surface area (Å²) in [5, 5.41) is 0. The van der Waals surface area contributed by atoms with E-state index in [1.807, 2.05) is 35.2 Å². The van der Waals surface area contributed by atoms with Gasteiger partial charge in [0.15, 0.2) is 0 Å². The Bertz CT molecular complexity index is 841. The molecule has 1 aromatic carbocycles. The molecule has 0 N–H and O–H groups in total. The fraction of sp³-hybridized carbons (Fsp3) is 0.520. The highest BCUT2D eigenvalue weighted by Crippen LogP contribution is 2.29. The van der Waals surface area contributed by atoms with Gasteiger partial charge in [-0.2, -0.15) is 0 Å². The van der Waals surface area contributed by atoms with E-state index >= 15 is 0 Å². The molecule has 1 saturated heterocycles. The average Bonchev–Trinajstić information content (AvgIpc) is 2.85. The first-order chi connectivity index (χ1) is 15.3. The summed E-state index contributed by atoms with van der Waals surface area (Å²) in [6.45, 7) is 5.44. The fourth-order valence-electron chi connectivity index (χ4n) is 4.77. The maximum absolute atomic E-state index is 13.3. The minimum absolute atomic E-state index is 0. The number of pyridine rings is 1. The van der Waals surface area contributed by atoms with Crippen LogP contribution in [-0.2, 0) is 4.79 Å². The number of hydrogen-bond acceptors (Lipinski definition) is 5. The smallest absolute Gasteiger partial charge is 0.231 e. The highest BCUT2D eigenvalue weighted by atomic mass is 35.5. The molecule has 0 spiro atoms. The normalized spacial score (nSPS) is 16.9. The van der Waals surface area contributed by atoms with Crippen LogP contribution in [0.15, 0.2) is 48.7 Å². The van der Waals surface area contributed by atoms with Crippen molar-refractivity contribution < 1.29 is 9.53 Å². The van der Waals surface area contributed by atoms with E-state index in [1.165, 1.54) is 6.42 Å². The molecule has 0 radical (unpaired) electrons. The van der Waals surface area contributed by atoms with Crippen molar-refractivity contribution in [3.63, 3.8) is 0 Å². The van der Waals surface area contributed by atoms with Crippen LogP contribution in [0.4, 0.5) is 11.5 Å². The summed E-state index contributed by atoms with van der Waals surface area (Å²) in [4.78, 5) is 24.6. The first-order valence-corrected chi connectivity index (χ1v) is 11.6. The van der Waals surface area contributed by atoms with Gasteiger partial charge in [0.2, 0.25) is 5.91 Å². The molecule has 2 fully saturated rings. The van der Waals surface area contributed by atoms with Crippen LogP contribution < -0.4 is 14.5 Å². The fourth-order valence-corrected chi connectivity index (χ4v) is 4.77. The molecule has 182 valence electrons. The number of piperazine rings is 1. The van der Waals surface area contributed by atoms with E-state index < -0.39 is 0 Å². The Morgan fingerprint density at radius 2 is 1.70 bits per heavy atom. The molecule has 1 saturated carbocycles. The molecule has 0 atom stereocenters. The number of ether oxygens (including phenoxy) is 1. The van der Waals surface area contributed by atoms with E-state index in [-0.39, 0.29) is 36.6 Å². The number of aromatic nitrogens is 1. The number of carbonyl (C=O) groups excluding carboxylic acids is 1. The van der Waals surface area contributed by atoms with Crippen molar-refractivity contribution in [1.29, 1.82) is 0 Å². The van der Waals surface area contributed by atoms with Gasteiger partial charge in [0.05, 0.1) is 12.8 Å². The summed E-state index contributed by atoms with van der Waals surface area (Å²) < 4.78 is 5.53. The molecule has 6 nitrogen and oxygen atoms in total. The molecular weight excluding hydrogens is 459 g/mol. The molecule has 0 bridgehead atoms. The SMILES string of the molecule is COc1ccccc1N1CCN(CCN(C(=O)C2CCCCC2)c2ccccn2)CC1.Cl.Cl. The van der Waals surface area contributed by atoms with Crippen molar-refractivity contribution in [3.05, 3.63) is 48.7 Å². The third-order valence-corrected chi connectivity index (χ3v) is 6.58. The minimum Gasteiger partial charge on any atom is -0.495 e. The van der Waals surface area contributed by atoms with Gasteiger partial charge in [-0.15, -0.1) is 24.8 Å². The number of hydrogen-bond donors (Lipinski definition) is 0. The Labute approximate surface area is 210 Å². The standard InChI is InChI=1S/C25H34N4O2.2ClH/c1-31-23-12-6-5-11-22(23)28-18-15-27(16-19-28)17-20-29(24-13-7-8-14-26-24)25(30)21-9-3-2-4-10-21;;/h5-8,11-14,21H,2-4,9-10,15-20H2,1H3;2*1H. The van der Waals surface area contributed by atoms with E-state index in [9.17, 15) is 4.79 Å².